The van der Waals surface area contributed by atoms with Crippen LogP contribution in [0.3, 0.4) is 0 Å². The molecule has 0 radical (unpaired) electrons. The summed E-state index contributed by atoms with van der Waals surface area (Å²) in [6.07, 6.45) is 3.28. The maximum atomic E-state index is 9.80. The van der Waals surface area contributed by atoms with Crippen LogP contribution in [0.4, 0.5) is 0 Å². The second-order valence-electron chi connectivity index (χ2n) is 1.56. The SMILES string of the molecule is O=C([O-])C1=CCC1.[Na+]. The molecule has 0 N–H and O–H groups in total. The van der Waals surface area contributed by atoms with E-state index >= 15 is 0 Å². The third-order valence-corrected chi connectivity index (χ3v) is 1.07. The number of carboxylic acid groups (broad SMARTS) is 1. The fraction of sp³-hybridized carbons (Fsp3) is 0.400. The van der Waals surface area contributed by atoms with Crippen molar-refractivity contribution in [2.24, 2.45) is 0 Å². The van der Waals surface area contributed by atoms with Crippen molar-refractivity contribution in [2.45, 2.75) is 12.8 Å². The zero-order valence-corrected chi connectivity index (χ0v) is 6.81. The topological polar surface area (TPSA) is 40.1 Å². The molecule has 3 heteroatoms. The first-order chi connectivity index (χ1) is 3.30. The summed E-state index contributed by atoms with van der Waals surface area (Å²) >= 11 is 0. The van der Waals surface area contributed by atoms with Gasteiger partial charge in [-0.1, -0.05) is 6.08 Å². The molecule has 0 aromatic rings. The van der Waals surface area contributed by atoms with Crippen molar-refractivity contribution in [3.05, 3.63) is 11.6 Å². The third-order valence-electron chi connectivity index (χ3n) is 1.07. The number of allylic oxidation sites excluding steroid dienone is 1. The van der Waals surface area contributed by atoms with Crippen LogP contribution in [0.1, 0.15) is 12.8 Å². The van der Waals surface area contributed by atoms with E-state index in [0.29, 0.717) is 12.0 Å². The van der Waals surface area contributed by atoms with Crippen molar-refractivity contribution in [3.8, 4) is 0 Å². The molecule has 1 aliphatic rings. The summed E-state index contributed by atoms with van der Waals surface area (Å²) in [4.78, 5) is 9.80. The number of hydrogen-bond acceptors (Lipinski definition) is 2. The van der Waals surface area contributed by atoms with Gasteiger partial charge < -0.3 is 9.90 Å². The Labute approximate surface area is 69.9 Å². The van der Waals surface area contributed by atoms with E-state index in [0.717, 1.165) is 6.42 Å². The predicted molar refractivity (Wildman–Crippen MR) is 22.3 cm³/mol. The van der Waals surface area contributed by atoms with Gasteiger partial charge in [-0.15, -0.1) is 0 Å². The molecule has 0 aliphatic heterocycles. The quantitative estimate of drug-likeness (QED) is 0.336. The van der Waals surface area contributed by atoms with Crippen molar-refractivity contribution in [1.82, 2.24) is 0 Å². The van der Waals surface area contributed by atoms with Crippen LogP contribution < -0.4 is 34.7 Å². The molecular formula is C5H5NaO2. The van der Waals surface area contributed by atoms with E-state index in [1.807, 2.05) is 0 Å². The van der Waals surface area contributed by atoms with Crippen LogP contribution in [0.15, 0.2) is 11.6 Å². The summed E-state index contributed by atoms with van der Waals surface area (Å²) in [7, 11) is 0. The fourth-order valence-corrected chi connectivity index (χ4v) is 0.474. The van der Waals surface area contributed by atoms with E-state index in [1.165, 1.54) is 0 Å². The molecule has 1 aliphatic carbocycles. The van der Waals surface area contributed by atoms with Gasteiger partial charge in [0.05, 0.1) is 5.97 Å². The Kier molecular flexibility index (Phi) is 3.36. The van der Waals surface area contributed by atoms with Gasteiger partial charge in [-0.2, -0.15) is 0 Å². The Hall–Kier alpha value is 0.210. The molecule has 0 saturated heterocycles. The fourth-order valence-electron chi connectivity index (χ4n) is 0.474. The number of aliphatic carboxylic acids is 1. The van der Waals surface area contributed by atoms with Crippen LogP contribution >= 0.6 is 0 Å². The second kappa shape index (κ2) is 3.28. The molecule has 0 fully saturated rings. The minimum absolute atomic E-state index is 0. The minimum atomic E-state index is -1.01. The number of carboxylic acids is 1. The first kappa shape index (κ1) is 8.21. The predicted octanol–water partition coefficient (Wildman–Crippen LogP) is -3.54. The molecule has 38 valence electrons. The molecule has 0 heterocycles. The molecule has 0 aromatic carbocycles. The van der Waals surface area contributed by atoms with Crippen LogP contribution in [0, 0.1) is 0 Å². The maximum Gasteiger partial charge on any atom is 1.00 e. The van der Waals surface area contributed by atoms with Crippen molar-refractivity contribution in [2.75, 3.05) is 0 Å². The summed E-state index contributed by atoms with van der Waals surface area (Å²) in [6.45, 7) is 0. The van der Waals surface area contributed by atoms with Gasteiger partial charge in [0.2, 0.25) is 0 Å². The molecular weight excluding hydrogens is 115 g/mol. The minimum Gasteiger partial charge on any atom is -0.545 e. The normalized spacial score (nSPS) is 15.2. The molecule has 0 amide bonds. The first-order valence-electron chi connectivity index (χ1n) is 2.21. The maximum absolute atomic E-state index is 9.80. The van der Waals surface area contributed by atoms with Gasteiger partial charge in [0.1, 0.15) is 0 Å². The van der Waals surface area contributed by atoms with Crippen LogP contribution in [-0.4, -0.2) is 5.97 Å². The molecule has 0 bridgehead atoms. The van der Waals surface area contributed by atoms with Gasteiger partial charge in [0.25, 0.3) is 0 Å². The van der Waals surface area contributed by atoms with Crippen molar-refractivity contribution >= 4 is 5.97 Å². The first-order valence-corrected chi connectivity index (χ1v) is 2.21. The standard InChI is InChI=1S/C5H6O2.Na/c6-5(7)4-2-1-3-4;/h2H,1,3H2,(H,6,7);/q;+1/p-1. The van der Waals surface area contributed by atoms with Gasteiger partial charge in [-0.3, -0.25) is 0 Å². The van der Waals surface area contributed by atoms with E-state index in [2.05, 4.69) is 0 Å². The molecule has 0 atom stereocenters. The summed E-state index contributed by atoms with van der Waals surface area (Å²) in [5.41, 5.74) is 0.458. The number of carbonyl (C=O) groups is 1. The molecule has 0 unspecified atom stereocenters. The Balaban J connectivity index is 0.000000490. The summed E-state index contributed by atoms with van der Waals surface area (Å²) in [5.74, 6) is -1.01. The summed E-state index contributed by atoms with van der Waals surface area (Å²) in [6, 6.07) is 0. The zero-order valence-electron chi connectivity index (χ0n) is 4.81. The van der Waals surface area contributed by atoms with Crippen molar-refractivity contribution in [3.63, 3.8) is 0 Å². The van der Waals surface area contributed by atoms with Crippen LogP contribution in [0.5, 0.6) is 0 Å². The van der Waals surface area contributed by atoms with Gasteiger partial charge in [-0.05, 0) is 18.4 Å². The van der Waals surface area contributed by atoms with Crippen LogP contribution in [0.25, 0.3) is 0 Å². The van der Waals surface area contributed by atoms with E-state index in [-0.39, 0.29) is 29.6 Å². The summed E-state index contributed by atoms with van der Waals surface area (Å²) < 4.78 is 0. The number of carbonyl (C=O) groups excluding carboxylic acids is 1. The van der Waals surface area contributed by atoms with Crippen molar-refractivity contribution < 1.29 is 39.5 Å². The van der Waals surface area contributed by atoms with Gasteiger partial charge in [-0.25, -0.2) is 0 Å². The largest absolute Gasteiger partial charge is 1.00 e. The third kappa shape index (κ3) is 1.62. The molecule has 0 saturated carbocycles. The van der Waals surface area contributed by atoms with Gasteiger partial charge in [0, 0.05) is 0 Å². The average molecular weight is 120 g/mol. The Morgan fingerprint density at radius 2 is 2.25 bits per heavy atom. The molecule has 2 nitrogen and oxygen atoms in total. The van der Waals surface area contributed by atoms with E-state index in [9.17, 15) is 9.90 Å². The van der Waals surface area contributed by atoms with Crippen LogP contribution in [0.2, 0.25) is 0 Å². The van der Waals surface area contributed by atoms with Crippen molar-refractivity contribution in [1.29, 1.82) is 0 Å². The van der Waals surface area contributed by atoms with Crippen LogP contribution in [-0.2, 0) is 4.79 Å². The van der Waals surface area contributed by atoms with Gasteiger partial charge in [0.15, 0.2) is 0 Å². The molecule has 0 aromatic heterocycles. The summed E-state index contributed by atoms with van der Waals surface area (Å²) in [5, 5.41) is 9.80. The molecule has 0 spiro atoms. The number of rotatable bonds is 1. The Morgan fingerprint density at radius 1 is 1.75 bits per heavy atom. The average Bonchev–Trinajstić information content (AvgIpc) is 1.23. The number of hydrogen-bond donors (Lipinski definition) is 0. The Bertz CT molecular complexity index is 128. The second-order valence-corrected chi connectivity index (χ2v) is 1.56. The van der Waals surface area contributed by atoms with E-state index < -0.39 is 5.97 Å². The monoisotopic (exact) mass is 120 g/mol. The molecule has 1 rings (SSSR count). The zero-order chi connectivity index (χ0) is 5.28. The smallest absolute Gasteiger partial charge is 0.545 e. The van der Waals surface area contributed by atoms with E-state index in [1.54, 1.807) is 6.08 Å². The molecule has 8 heavy (non-hydrogen) atoms. The van der Waals surface area contributed by atoms with Gasteiger partial charge >= 0.3 is 29.6 Å². The Morgan fingerprint density at radius 3 is 2.25 bits per heavy atom. The van der Waals surface area contributed by atoms with E-state index in [4.69, 9.17) is 0 Å².